The van der Waals surface area contributed by atoms with Gasteiger partial charge < -0.3 is 4.74 Å². The summed E-state index contributed by atoms with van der Waals surface area (Å²) in [7, 11) is 0. The quantitative estimate of drug-likeness (QED) is 0.0452. The predicted octanol–water partition coefficient (Wildman–Crippen LogP) is 16.8. The summed E-state index contributed by atoms with van der Waals surface area (Å²) in [5.74, 6) is 5.87. The third-order valence-corrected chi connectivity index (χ3v) is 16.4. The van der Waals surface area contributed by atoms with Gasteiger partial charge in [0.05, 0.1) is 0 Å². The molecule has 0 aromatic rings. The van der Waals surface area contributed by atoms with Gasteiger partial charge in [0.15, 0.2) is 0 Å². The van der Waals surface area contributed by atoms with E-state index in [2.05, 4.69) is 54.5 Å². The van der Waals surface area contributed by atoms with Crippen molar-refractivity contribution < 1.29 is 9.53 Å². The molecule has 0 radical (unpaired) electrons. The molecule has 0 aromatic carbocycles. The second kappa shape index (κ2) is 24.2. The summed E-state index contributed by atoms with van der Waals surface area (Å²) < 4.78 is 6.43. The van der Waals surface area contributed by atoms with Gasteiger partial charge in [0.2, 0.25) is 0 Å². The maximum atomic E-state index is 13.6. The molecule has 0 saturated heterocycles. The Morgan fingerprint density at radius 1 is 0.667 bits per heavy atom. The smallest absolute Gasteiger partial charge is 0.306 e. The van der Waals surface area contributed by atoms with Crippen molar-refractivity contribution in [2.24, 2.45) is 52.3 Å². The average molecular weight is 751 g/mol. The van der Waals surface area contributed by atoms with Gasteiger partial charge in [0.25, 0.3) is 0 Å². The van der Waals surface area contributed by atoms with Crippen LogP contribution < -0.4 is 0 Å². The Labute approximate surface area is 338 Å². The number of hydrogen-bond acceptors (Lipinski definition) is 2. The van der Waals surface area contributed by atoms with Crippen LogP contribution in [-0.2, 0) is 9.53 Å². The van der Waals surface area contributed by atoms with Crippen LogP contribution in [-0.4, -0.2) is 12.1 Å². The Bertz CT molecular complexity index is 1060. The fraction of sp³-hybridized carbons (Fsp3) is 0.942. The van der Waals surface area contributed by atoms with E-state index in [1.54, 1.807) is 5.57 Å². The number of carbonyl (C=O) groups is 1. The molecule has 0 bridgehead atoms. The Balaban J connectivity index is 1.24. The maximum Gasteiger partial charge on any atom is 0.306 e. The van der Waals surface area contributed by atoms with Gasteiger partial charge in [0.1, 0.15) is 6.10 Å². The molecule has 0 N–H and O–H groups in total. The molecule has 4 aliphatic rings. The molecule has 2 nitrogen and oxygen atoms in total. The number of ether oxygens (including phenoxy) is 1. The first kappa shape index (κ1) is 45.9. The van der Waals surface area contributed by atoms with Gasteiger partial charge in [-0.3, -0.25) is 4.79 Å². The lowest BCUT2D eigenvalue weighted by molar-refractivity contribution is -0.152. The standard InChI is InChI=1S/C52H94O2/c1-8-10-12-14-16-18-19-21-23-25-30-43(29-24-22-20-17-15-13-11-9-2)39-50(53)54-45-35-37-51(6)44(40-45)31-32-46-48-34-33-47(42(5)28-26-27-41(3)4)52(48,7)38-36-49(46)51/h31,41-43,45-49H,8-30,32-40H2,1-7H3/t42-,43?,45?,46+,47-,48+,49+,51+,52-/m1/s1. The van der Waals surface area contributed by atoms with Crippen molar-refractivity contribution in [3.8, 4) is 0 Å². The second-order valence-electron chi connectivity index (χ2n) is 20.9. The highest BCUT2D eigenvalue weighted by Gasteiger charge is 2.59. The van der Waals surface area contributed by atoms with E-state index in [-0.39, 0.29) is 12.1 Å². The van der Waals surface area contributed by atoms with Gasteiger partial charge in [-0.25, -0.2) is 0 Å². The molecule has 0 aromatic heterocycles. The molecule has 0 heterocycles. The highest BCUT2D eigenvalue weighted by atomic mass is 16.5. The molecule has 2 unspecified atom stereocenters. The number of allylic oxidation sites excluding steroid dienone is 1. The topological polar surface area (TPSA) is 26.3 Å². The number of carbonyl (C=O) groups excluding carboxylic acids is 1. The van der Waals surface area contributed by atoms with Crippen LogP contribution in [0.25, 0.3) is 0 Å². The Kier molecular flexibility index (Phi) is 20.6. The molecule has 54 heavy (non-hydrogen) atoms. The van der Waals surface area contributed by atoms with Crippen molar-refractivity contribution in [2.75, 3.05) is 0 Å². The molecule has 4 aliphatic carbocycles. The van der Waals surface area contributed by atoms with E-state index >= 15 is 0 Å². The SMILES string of the molecule is CCCCCCCCCCCCC(CCCCCCCCCC)CC(=O)OC1CC[C@@]2(C)C(=CC[C@H]3[C@@H]4CC[C@H]([C@H](C)CCCC(C)C)[C@@]4(C)CC[C@@H]32)C1. The van der Waals surface area contributed by atoms with E-state index in [1.807, 2.05) is 0 Å². The summed E-state index contributed by atoms with van der Waals surface area (Å²) in [4.78, 5) is 13.6. The number of esters is 1. The highest BCUT2D eigenvalue weighted by Crippen LogP contribution is 2.67. The fourth-order valence-corrected chi connectivity index (χ4v) is 13.1. The first-order valence-electron chi connectivity index (χ1n) is 25.0. The Hall–Kier alpha value is -0.790. The van der Waals surface area contributed by atoms with Crippen molar-refractivity contribution in [1.82, 2.24) is 0 Å². The summed E-state index contributed by atoms with van der Waals surface area (Å²) in [6.07, 6.45) is 45.2. The van der Waals surface area contributed by atoms with E-state index in [0.717, 1.165) is 48.3 Å². The number of hydrogen-bond donors (Lipinski definition) is 0. The van der Waals surface area contributed by atoms with E-state index < -0.39 is 0 Å². The molecular formula is C52H94O2. The van der Waals surface area contributed by atoms with Crippen molar-refractivity contribution in [2.45, 2.75) is 260 Å². The third kappa shape index (κ3) is 13.7. The van der Waals surface area contributed by atoms with Crippen LogP contribution in [0.2, 0.25) is 0 Å². The van der Waals surface area contributed by atoms with E-state index in [0.29, 0.717) is 23.2 Å². The lowest BCUT2D eigenvalue weighted by atomic mass is 9.47. The third-order valence-electron chi connectivity index (χ3n) is 16.4. The normalized spacial score (nSPS) is 30.4. The first-order chi connectivity index (χ1) is 26.1. The molecule has 314 valence electrons. The molecule has 9 atom stereocenters. The van der Waals surface area contributed by atoms with Gasteiger partial charge in [-0.1, -0.05) is 195 Å². The minimum absolute atomic E-state index is 0.103. The fourth-order valence-electron chi connectivity index (χ4n) is 13.1. The zero-order valence-corrected chi connectivity index (χ0v) is 37.6. The molecule has 2 heteroatoms. The van der Waals surface area contributed by atoms with Crippen molar-refractivity contribution >= 4 is 5.97 Å². The summed E-state index contributed by atoms with van der Waals surface area (Å²) in [5.41, 5.74) is 2.53. The number of fused-ring (bicyclic) bond motifs is 5. The summed E-state index contributed by atoms with van der Waals surface area (Å²) in [5, 5.41) is 0. The van der Waals surface area contributed by atoms with Gasteiger partial charge in [0, 0.05) is 12.8 Å². The largest absolute Gasteiger partial charge is 0.462 e. The minimum Gasteiger partial charge on any atom is -0.462 e. The van der Waals surface area contributed by atoms with Crippen molar-refractivity contribution in [1.29, 1.82) is 0 Å². The van der Waals surface area contributed by atoms with Crippen molar-refractivity contribution in [3.63, 3.8) is 0 Å². The molecule has 0 amide bonds. The molecule has 4 rings (SSSR count). The summed E-state index contributed by atoms with van der Waals surface area (Å²) >= 11 is 0. The Morgan fingerprint density at radius 2 is 1.24 bits per heavy atom. The average Bonchev–Trinajstić information content (AvgIpc) is 3.50. The van der Waals surface area contributed by atoms with E-state index in [4.69, 9.17) is 4.74 Å². The number of rotatable bonds is 28. The zero-order chi connectivity index (χ0) is 38.8. The Morgan fingerprint density at radius 3 is 1.81 bits per heavy atom. The molecule has 3 fully saturated rings. The highest BCUT2D eigenvalue weighted by molar-refractivity contribution is 5.70. The van der Waals surface area contributed by atoms with Crippen molar-refractivity contribution in [3.05, 3.63) is 11.6 Å². The van der Waals surface area contributed by atoms with Crippen LogP contribution >= 0.6 is 0 Å². The lowest BCUT2D eigenvalue weighted by Crippen LogP contribution is -2.51. The zero-order valence-electron chi connectivity index (χ0n) is 37.6. The first-order valence-corrected chi connectivity index (χ1v) is 25.0. The van der Waals surface area contributed by atoms with Gasteiger partial charge in [-0.2, -0.15) is 0 Å². The van der Waals surface area contributed by atoms with Crippen LogP contribution in [0.4, 0.5) is 0 Å². The van der Waals surface area contributed by atoms with Crippen LogP contribution in [0.1, 0.15) is 254 Å². The summed E-state index contributed by atoms with van der Waals surface area (Å²) in [6, 6.07) is 0. The maximum absolute atomic E-state index is 13.6. The lowest BCUT2D eigenvalue weighted by Gasteiger charge is -2.58. The van der Waals surface area contributed by atoms with E-state index in [1.165, 1.54) is 186 Å². The van der Waals surface area contributed by atoms with Crippen LogP contribution in [0.5, 0.6) is 0 Å². The summed E-state index contributed by atoms with van der Waals surface area (Å²) in [6.45, 7) is 17.3. The minimum atomic E-state index is 0.103. The monoisotopic (exact) mass is 751 g/mol. The number of unbranched alkanes of at least 4 members (excludes halogenated alkanes) is 16. The van der Waals surface area contributed by atoms with Crippen LogP contribution in [0.15, 0.2) is 11.6 Å². The molecular weight excluding hydrogens is 657 g/mol. The van der Waals surface area contributed by atoms with Gasteiger partial charge in [-0.05, 0) is 110 Å². The van der Waals surface area contributed by atoms with Crippen LogP contribution in [0, 0.1) is 52.3 Å². The molecule has 3 saturated carbocycles. The van der Waals surface area contributed by atoms with E-state index in [9.17, 15) is 4.79 Å². The van der Waals surface area contributed by atoms with Gasteiger partial charge in [-0.15, -0.1) is 0 Å². The van der Waals surface area contributed by atoms with Crippen LogP contribution in [0.3, 0.4) is 0 Å². The van der Waals surface area contributed by atoms with Gasteiger partial charge >= 0.3 is 5.97 Å². The molecule has 0 aliphatic heterocycles. The second-order valence-corrected chi connectivity index (χ2v) is 20.9. The molecule has 0 spiro atoms. The predicted molar refractivity (Wildman–Crippen MR) is 235 cm³/mol.